The van der Waals surface area contributed by atoms with Crippen LogP contribution >= 0.6 is 0 Å². The largest absolute Gasteiger partial charge is 0.326 e. The molecule has 3 aromatic rings. The number of piperazine rings is 1. The van der Waals surface area contributed by atoms with Crippen molar-refractivity contribution in [1.29, 1.82) is 0 Å². The minimum Gasteiger partial charge on any atom is -0.326 e. The topological polar surface area (TPSA) is 116 Å². The molecule has 11 heteroatoms. The number of nitrogens with one attached hydrogen (secondary N) is 2. The molecule has 9 nitrogen and oxygen atoms in total. The van der Waals surface area contributed by atoms with Crippen LogP contribution in [0.15, 0.2) is 82.6 Å². The molecule has 1 heterocycles. The molecule has 0 aliphatic carbocycles. The molecule has 0 saturated carbocycles. The summed E-state index contributed by atoms with van der Waals surface area (Å²) >= 11 is 0. The predicted molar refractivity (Wildman–Crippen MR) is 148 cm³/mol. The van der Waals surface area contributed by atoms with Gasteiger partial charge >= 0.3 is 0 Å². The fourth-order valence-corrected chi connectivity index (χ4v) is 6.52. The smallest absolute Gasteiger partial charge is 0.261 e. The predicted octanol–water partition coefficient (Wildman–Crippen LogP) is 3.30. The van der Waals surface area contributed by atoms with Gasteiger partial charge in [0, 0.05) is 44.0 Å². The van der Waals surface area contributed by atoms with E-state index in [0.717, 1.165) is 11.1 Å². The molecule has 4 rings (SSSR count). The summed E-state index contributed by atoms with van der Waals surface area (Å²) in [5.74, 6) is -0.225. The maximum atomic E-state index is 12.9. The number of hydrogen-bond acceptors (Lipinski definition) is 6. The molecule has 1 saturated heterocycles. The lowest BCUT2D eigenvalue weighted by atomic mass is 10.1. The molecule has 0 spiro atoms. The second-order valence-electron chi connectivity index (χ2n) is 9.40. The summed E-state index contributed by atoms with van der Waals surface area (Å²) in [5, 5.41) is 2.78. The molecule has 0 bridgehead atoms. The molecule has 1 aliphatic heterocycles. The highest BCUT2D eigenvalue weighted by atomic mass is 32.2. The maximum Gasteiger partial charge on any atom is 0.261 e. The van der Waals surface area contributed by atoms with Gasteiger partial charge in [-0.2, -0.15) is 4.31 Å². The second-order valence-corrected chi connectivity index (χ2v) is 13.0. The molecule has 0 atom stereocenters. The lowest BCUT2D eigenvalue weighted by Crippen LogP contribution is -2.46. The van der Waals surface area contributed by atoms with Crippen molar-refractivity contribution in [2.45, 2.75) is 29.6 Å². The van der Waals surface area contributed by atoms with Gasteiger partial charge in [0.1, 0.15) is 0 Å². The number of carbonyl (C=O) groups excluding carboxylic acids is 1. The van der Waals surface area contributed by atoms with Gasteiger partial charge in [-0.1, -0.05) is 29.8 Å². The highest BCUT2D eigenvalue weighted by Gasteiger charge is 2.27. The van der Waals surface area contributed by atoms with Crippen molar-refractivity contribution in [1.82, 2.24) is 9.21 Å². The Morgan fingerprint density at radius 2 is 1.32 bits per heavy atom. The van der Waals surface area contributed by atoms with Gasteiger partial charge in [0.2, 0.25) is 15.9 Å². The number of benzene rings is 3. The number of anilines is 2. The normalized spacial score (nSPS) is 15.2. The van der Waals surface area contributed by atoms with E-state index in [-0.39, 0.29) is 22.1 Å². The first kappa shape index (κ1) is 27.8. The second kappa shape index (κ2) is 11.6. The number of hydrogen-bond donors (Lipinski definition) is 2. The molecule has 0 unspecified atom stereocenters. The van der Waals surface area contributed by atoms with E-state index in [0.29, 0.717) is 44.0 Å². The van der Waals surface area contributed by atoms with E-state index in [9.17, 15) is 21.6 Å². The van der Waals surface area contributed by atoms with Crippen LogP contribution in [0.4, 0.5) is 11.4 Å². The molecule has 202 valence electrons. The fraction of sp³-hybridized carbons (Fsp3) is 0.296. The SMILES string of the molecule is Cc1ccc(NS(=O)(=O)c2ccc(CCC(=O)Nc3ccc(S(=O)(=O)N4CCN(C)CC4)cc3)cc2)cc1. The molecular formula is C27H32N4O5S2. The molecule has 1 fully saturated rings. The number of likely N-dealkylation sites (N-methyl/N-ethyl adjacent to an activating group) is 1. The first-order chi connectivity index (χ1) is 18.0. The first-order valence-corrected chi connectivity index (χ1v) is 15.2. The highest BCUT2D eigenvalue weighted by molar-refractivity contribution is 7.92. The van der Waals surface area contributed by atoms with E-state index >= 15 is 0 Å². The lowest BCUT2D eigenvalue weighted by molar-refractivity contribution is -0.116. The molecule has 1 aliphatic rings. The van der Waals surface area contributed by atoms with Crippen LogP contribution in [0.3, 0.4) is 0 Å². The van der Waals surface area contributed by atoms with Crippen molar-refractivity contribution in [3.63, 3.8) is 0 Å². The molecule has 0 aromatic heterocycles. The van der Waals surface area contributed by atoms with Crippen LogP contribution in [0.1, 0.15) is 17.5 Å². The Bertz CT molecular complexity index is 1460. The molecule has 1 amide bonds. The maximum absolute atomic E-state index is 12.9. The van der Waals surface area contributed by atoms with Crippen molar-refractivity contribution in [2.75, 3.05) is 43.3 Å². The van der Waals surface area contributed by atoms with Gasteiger partial charge in [0.05, 0.1) is 9.79 Å². The number of aryl methyl sites for hydroxylation is 2. The minimum absolute atomic E-state index is 0.137. The molecule has 0 radical (unpaired) electrons. The summed E-state index contributed by atoms with van der Waals surface area (Å²) in [4.78, 5) is 14.9. The summed E-state index contributed by atoms with van der Waals surface area (Å²) in [7, 11) is -5.32. The van der Waals surface area contributed by atoms with Gasteiger partial charge in [0.15, 0.2) is 0 Å². The van der Waals surface area contributed by atoms with Crippen molar-refractivity contribution in [3.05, 3.63) is 83.9 Å². The van der Waals surface area contributed by atoms with E-state index in [2.05, 4.69) is 14.9 Å². The summed E-state index contributed by atoms with van der Waals surface area (Å²) in [5.41, 5.74) is 2.85. The third-order valence-electron chi connectivity index (χ3n) is 6.42. The number of carbonyl (C=O) groups is 1. The van der Waals surface area contributed by atoms with Gasteiger partial charge in [-0.05, 0) is 74.5 Å². The Morgan fingerprint density at radius 1 is 0.763 bits per heavy atom. The average Bonchev–Trinajstić information content (AvgIpc) is 2.89. The highest BCUT2D eigenvalue weighted by Crippen LogP contribution is 2.21. The Balaban J connectivity index is 1.29. The van der Waals surface area contributed by atoms with Crippen molar-refractivity contribution >= 4 is 37.3 Å². The zero-order valence-electron chi connectivity index (χ0n) is 21.4. The van der Waals surface area contributed by atoms with E-state index in [1.165, 1.54) is 28.6 Å². The number of rotatable bonds is 9. The first-order valence-electron chi connectivity index (χ1n) is 12.3. The van der Waals surface area contributed by atoms with E-state index in [4.69, 9.17) is 0 Å². The van der Waals surface area contributed by atoms with Gasteiger partial charge in [-0.3, -0.25) is 9.52 Å². The summed E-state index contributed by atoms with van der Waals surface area (Å²) < 4.78 is 55.0. The molecular weight excluding hydrogens is 524 g/mol. The Kier molecular flexibility index (Phi) is 8.51. The average molecular weight is 557 g/mol. The standard InChI is InChI=1S/C27H32N4O5S2/c1-21-3-8-24(9-4-21)29-37(33,34)25-12-5-22(6-13-25)7-16-27(32)28-23-10-14-26(15-11-23)38(35,36)31-19-17-30(2)18-20-31/h3-6,8-15,29H,7,16-20H2,1-2H3,(H,28,32). The monoisotopic (exact) mass is 556 g/mol. The van der Waals surface area contributed by atoms with Crippen LogP contribution in [0.2, 0.25) is 0 Å². The van der Waals surface area contributed by atoms with Gasteiger partial charge in [0.25, 0.3) is 10.0 Å². The Hall–Kier alpha value is -3.25. The van der Waals surface area contributed by atoms with Gasteiger partial charge < -0.3 is 10.2 Å². The summed E-state index contributed by atoms with van der Waals surface area (Å²) in [6.45, 7) is 4.21. The van der Waals surface area contributed by atoms with E-state index < -0.39 is 20.0 Å². The van der Waals surface area contributed by atoms with Crippen LogP contribution in [0.5, 0.6) is 0 Å². The van der Waals surface area contributed by atoms with Crippen LogP contribution in [0, 0.1) is 6.92 Å². The van der Waals surface area contributed by atoms with E-state index in [1.807, 2.05) is 26.1 Å². The number of amides is 1. The fourth-order valence-electron chi connectivity index (χ4n) is 4.04. The molecule has 2 N–H and O–H groups in total. The molecule has 3 aromatic carbocycles. The zero-order valence-corrected chi connectivity index (χ0v) is 23.1. The van der Waals surface area contributed by atoms with Crippen molar-refractivity contribution in [2.24, 2.45) is 0 Å². The minimum atomic E-state index is -3.72. The van der Waals surface area contributed by atoms with Crippen molar-refractivity contribution in [3.8, 4) is 0 Å². The Labute approximate surface area is 224 Å². The van der Waals surface area contributed by atoms with Gasteiger partial charge in [-0.25, -0.2) is 16.8 Å². The zero-order chi connectivity index (χ0) is 27.3. The van der Waals surface area contributed by atoms with Crippen molar-refractivity contribution < 1.29 is 21.6 Å². The third kappa shape index (κ3) is 6.98. The third-order valence-corrected chi connectivity index (χ3v) is 9.73. The Morgan fingerprint density at radius 3 is 1.92 bits per heavy atom. The van der Waals surface area contributed by atoms with Crippen LogP contribution in [-0.2, 0) is 31.3 Å². The molecule has 38 heavy (non-hydrogen) atoms. The number of sulfonamides is 2. The van der Waals surface area contributed by atoms with E-state index in [1.54, 1.807) is 36.4 Å². The van der Waals surface area contributed by atoms with Crippen LogP contribution in [-0.4, -0.2) is 65.2 Å². The quantitative estimate of drug-likeness (QED) is 0.418. The summed E-state index contributed by atoms with van der Waals surface area (Å²) in [6.07, 6.45) is 0.614. The lowest BCUT2D eigenvalue weighted by Gasteiger charge is -2.31. The number of nitrogens with zero attached hydrogens (tertiary/aromatic N) is 2. The van der Waals surface area contributed by atoms with Gasteiger partial charge in [-0.15, -0.1) is 0 Å². The van der Waals surface area contributed by atoms with Crippen LogP contribution in [0.25, 0.3) is 0 Å². The van der Waals surface area contributed by atoms with Crippen LogP contribution < -0.4 is 10.0 Å². The summed E-state index contributed by atoms with van der Waals surface area (Å²) in [6, 6.07) is 19.7.